The summed E-state index contributed by atoms with van der Waals surface area (Å²) in [6, 6.07) is 0. The molecule has 0 aliphatic heterocycles. The SMILES string of the molecule is CC1(C)CCC[C@]2(C)[C@@H]([C@@H](O)CCl)[C@H]3CC[C@@H]2[C@@H]31. The van der Waals surface area contributed by atoms with Gasteiger partial charge < -0.3 is 5.11 Å². The normalized spacial score (nSPS) is 51.2. The molecule has 6 atom stereocenters. The van der Waals surface area contributed by atoms with Gasteiger partial charge in [-0.15, -0.1) is 11.6 Å². The molecule has 1 N–H and O–H groups in total. The number of hydrogen-bond donors (Lipinski definition) is 1. The van der Waals surface area contributed by atoms with E-state index in [0.29, 0.717) is 22.6 Å². The van der Waals surface area contributed by atoms with Crippen LogP contribution in [0.15, 0.2) is 0 Å². The quantitative estimate of drug-likeness (QED) is 0.750. The summed E-state index contributed by atoms with van der Waals surface area (Å²) in [5.41, 5.74) is 0.819. The molecule has 0 saturated heterocycles. The van der Waals surface area contributed by atoms with Crippen molar-refractivity contribution in [2.24, 2.45) is 34.5 Å². The molecule has 2 heteroatoms. The lowest BCUT2D eigenvalue weighted by Gasteiger charge is -2.43. The van der Waals surface area contributed by atoms with Crippen LogP contribution in [0.4, 0.5) is 0 Å². The van der Waals surface area contributed by atoms with Crippen molar-refractivity contribution in [1.82, 2.24) is 0 Å². The molecule has 0 aromatic heterocycles. The second kappa shape index (κ2) is 4.12. The maximum atomic E-state index is 10.4. The Kier molecular flexibility index (Phi) is 3.03. The van der Waals surface area contributed by atoms with Crippen LogP contribution >= 0.6 is 11.6 Å². The van der Waals surface area contributed by atoms with Crippen molar-refractivity contribution < 1.29 is 5.11 Å². The van der Waals surface area contributed by atoms with Gasteiger partial charge in [0.05, 0.1) is 6.10 Å². The van der Waals surface area contributed by atoms with Gasteiger partial charge in [0, 0.05) is 5.88 Å². The molecule has 0 radical (unpaired) electrons. The summed E-state index contributed by atoms with van der Waals surface area (Å²) in [6.45, 7) is 7.38. The minimum atomic E-state index is -0.289. The first-order valence-electron chi connectivity index (χ1n) is 7.66. The van der Waals surface area contributed by atoms with Gasteiger partial charge in [0.2, 0.25) is 0 Å². The van der Waals surface area contributed by atoms with Crippen LogP contribution in [0.25, 0.3) is 0 Å². The molecule has 18 heavy (non-hydrogen) atoms. The first-order valence-corrected chi connectivity index (χ1v) is 8.19. The van der Waals surface area contributed by atoms with Crippen LogP contribution in [-0.2, 0) is 0 Å². The monoisotopic (exact) mass is 270 g/mol. The molecule has 3 fully saturated rings. The predicted molar refractivity (Wildman–Crippen MR) is 75.7 cm³/mol. The van der Waals surface area contributed by atoms with E-state index in [9.17, 15) is 5.11 Å². The van der Waals surface area contributed by atoms with E-state index in [1.54, 1.807) is 0 Å². The molecule has 4 bridgehead atoms. The van der Waals surface area contributed by atoms with E-state index in [2.05, 4.69) is 20.8 Å². The second-order valence-corrected chi connectivity index (χ2v) is 8.28. The van der Waals surface area contributed by atoms with Crippen molar-refractivity contribution in [2.45, 2.75) is 59.0 Å². The minimum Gasteiger partial charge on any atom is -0.392 e. The van der Waals surface area contributed by atoms with Crippen LogP contribution in [-0.4, -0.2) is 17.1 Å². The number of aliphatic hydroxyl groups is 1. The molecule has 1 nitrogen and oxygen atoms in total. The van der Waals surface area contributed by atoms with E-state index in [1.165, 1.54) is 32.1 Å². The van der Waals surface area contributed by atoms with Gasteiger partial charge in [-0.3, -0.25) is 0 Å². The van der Waals surface area contributed by atoms with E-state index in [0.717, 1.165) is 17.8 Å². The number of alkyl halides is 1. The third kappa shape index (κ3) is 1.56. The van der Waals surface area contributed by atoms with Gasteiger partial charge in [0.25, 0.3) is 0 Å². The van der Waals surface area contributed by atoms with Crippen molar-refractivity contribution in [1.29, 1.82) is 0 Å². The third-order valence-electron chi connectivity index (χ3n) is 6.79. The molecule has 0 spiro atoms. The molecule has 3 saturated carbocycles. The van der Waals surface area contributed by atoms with Gasteiger partial charge in [-0.2, -0.15) is 0 Å². The number of hydrogen-bond acceptors (Lipinski definition) is 1. The lowest BCUT2D eigenvalue weighted by Crippen LogP contribution is -2.42. The Labute approximate surface area is 116 Å². The molecule has 3 aliphatic rings. The lowest BCUT2D eigenvalue weighted by atomic mass is 9.63. The summed E-state index contributed by atoms with van der Waals surface area (Å²) in [5.74, 6) is 3.26. The summed E-state index contributed by atoms with van der Waals surface area (Å²) in [4.78, 5) is 0. The van der Waals surface area contributed by atoms with Gasteiger partial charge in [-0.1, -0.05) is 27.2 Å². The van der Waals surface area contributed by atoms with Crippen molar-refractivity contribution >= 4 is 11.6 Å². The first-order chi connectivity index (χ1) is 8.42. The van der Waals surface area contributed by atoms with E-state index < -0.39 is 0 Å². The van der Waals surface area contributed by atoms with Crippen LogP contribution in [0.2, 0.25) is 0 Å². The van der Waals surface area contributed by atoms with E-state index in [1.807, 2.05) is 0 Å². The predicted octanol–water partition coefficient (Wildman–Crippen LogP) is 4.07. The van der Waals surface area contributed by atoms with E-state index in [-0.39, 0.29) is 6.10 Å². The smallest absolute Gasteiger partial charge is 0.0711 e. The Morgan fingerprint density at radius 3 is 2.61 bits per heavy atom. The van der Waals surface area contributed by atoms with Crippen LogP contribution in [0.3, 0.4) is 0 Å². The van der Waals surface area contributed by atoms with E-state index in [4.69, 9.17) is 11.6 Å². The Balaban J connectivity index is 2.02. The maximum absolute atomic E-state index is 10.4. The highest BCUT2D eigenvalue weighted by Crippen LogP contribution is 2.71. The summed E-state index contributed by atoms with van der Waals surface area (Å²) in [5, 5.41) is 10.4. The molecule has 104 valence electrons. The first kappa shape index (κ1) is 13.2. The summed E-state index contributed by atoms with van der Waals surface area (Å²) >= 11 is 5.98. The Morgan fingerprint density at radius 1 is 1.22 bits per heavy atom. The van der Waals surface area contributed by atoms with E-state index >= 15 is 0 Å². The molecule has 0 amide bonds. The van der Waals surface area contributed by atoms with Gasteiger partial charge in [0.15, 0.2) is 0 Å². The summed E-state index contributed by atoms with van der Waals surface area (Å²) in [7, 11) is 0. The van der Waals surface area contributed by atoms with Crippen molar-refractivity contribution in [3.8, 4) is 0 Å². The molecule has 3 aliphatic carbocycles. The molecule has 0 heterocycles. The van der Waals surface area contributed by atoms with Crippen LogP contribution in [0.1, 0.15) is 52.9 Å². The van der Waals surface area contributed by atoms with Crippen LogP contribution in [0, 0.1) is 34.5 Å². The molecular weight excluding hydrogens is 244 g/mol. The van der Waals surface area contributed by atoms with Gasteiger partial charge in [-0.25, -0.2) is 0 Å². The maximum Gasteiger partial charge on any atom is 0.0711 e. The van der Waals surface area contributed by atoms with Crippen molar-refractivity contribution in [2.75, 3.05) is 5.88 Å². The third-order valence-corrected chi connectivity index (χ3v) is 7.10. The Hall–Kier alpha value is 0.250. The van der Waals surface area contributed by atoms with Crippen molar-refractivity contribution in [3.63, 3.8) is 0 Å². The molecule has 0 aromatic carbocycles. The number of rotatable bonds is 2. The molecule has 3 rings (SSSR count). The average molecular weight is 271 g/mol. The topological polar surface area (TPSA) is 20.2 Å². The molecule has 0 aromatic rings. The molecular formula is C16H27ClO. The average Bonchev–Trinajstić information content (AvgIpc) is 2.79. The number of halogens is 1. The van der Waals surface area contributed by atoms with Crippen molar-refractivity contribution in [3.05, 3.63) is 0 Å². The van der Waals surface area contributed by atoms with Gasteiger partial charge in [-0.05, 0) is 60.2 Å². The van der Waals surface area contributed by atoms with Crippen LogP contribution < -0.4 is 0 Å². The second-order valence-electron chi connectivity index (χ2n) is 7.97. The fraction of sp³-hybridized carbons (Fsp3) is 1.00. The zero-order valence-corrected chi connectivity index (χ0v) is 12.7. The highest BCUT2D eigenvalue weighted by molar-refractivity contribution is 6.18. The number of aliphatic hydroxyl groups excluding tert-OH is 1. The fourth-order valence-electron chi connectivity index (χ4n) is 6.30. The lowest BCUT2D eigenvalue weighted by molar-refractivity contribution is -0.0100. The fourth-order valence-corrected chi connectivity index (χ4v) is 6.49. The van der Waals surface area contributed by atoms with Gasteiger partial charge in [0.1, 0.15) is 0 Å². The Morgan fingerprint density at radius 2 is 1.94 bits per heavy atom. The zero-order chi connectivity index (χ0) is 13.1. The summed E-state index contributed by atoms with van der Waals surface area (Å²) in [6.07, 6.45) is 6.42. The highest BCUT2D eigenvalue weighted by Gasteiger charge is 2.65. The van der Waals surface area contributed by atoms with Crippen LogP contribution in [0.5, 0.6) is 0 Å². The Bertz CT molecular complexity index is 340. The minimum absolute atomic E-state index is 0.289. The molecule has 0 unspecified atom stereocenters. The largest absolute Gasteiger partial charge is 0.392 e. The van der Waals surface area contributed by atoms with Gasteiger partial charge >= 0.3 is 0 Å². The zero-order valence-electron chi connectivity index (χ0n) is 12.0. The standard InChI is InChI=1S/C16H27ClO/c1-15(2)7-4-8-16(3)11-6-5-10(13(11)15)14(16)12(18)9-17/h10-14,18H,4-9H2,1-3H3/t10-,11+,12-,13+,14+,16-/m0/s1. The highest BCUT2D eigenvalue weighted by atomic mass is 35.5. The summed E-state index contributed by atoms with van der Waals surface area (Å²) < 4.78 is 0.